The fraction of sp³-hybridized carbons (Fsp3) is 0.261. The number of pyridine rings is 2. The Morgan fingerprint density at radius 2 is 1.78 bits per heavy atom. The third kappa shape index (κ3) is 3.68. The molecule has 0 unspecified atom stereocenters. The Morgan fingerprint density at radius 3 is 2.38 bits per heavy atom. The van der Waals surface area contributed by atoms with E-state index in [2.05, 4.69) is 15.3 Å². The van der Waals surface area contributed by atoms with Crippen LogP contribution in [0.25, 0.3) is 0 Å². The Bertz CT molecular complexity index is 1220. The maximum Gasteiger partial charge on any atom is 0.433 e. The summed E-state index contributed by atoms with van der Waals surface area (Å²) >= 11 is 0. The molecule has 0 saturated carbocycles. The Labute approximate surface area is 181 Å². The Balaban J connectivity index is 1.83. The lowest BCUT2D eigenvalue weighted by Crippen LogP contribution is -2.48. The highest BCUT2D eigenvalue weighted by molar-refractivity contribution is 6.01. The average Bonchev–Trinajstić information content (AvgIpc) is 3.12. The number of hydrogen-bond donors (Lipinski definition) is 2. The van der Waals surface area contributed by atoms with Crippen LogP contribution in [0, 0.1) is 5.82 Å². The van der Waals surface area contributed by atoms with Gasteiger partial charge in [-0.25, -0.2) is 4.39 Å². The number of nitrogens with zero attached hydrogens (tertiary/aromatic N) is 2. The van der Waals surface area contributed by atoms with Crippen molar-refractivity contribution in [3.8, 4) is 0 Å². The summed E-state index contributed by atoms with van der Waals surface area (Å²) in [7, 11) is 0. The number of hydrogen-bond acceptors (Lipinski definition) is 4. The van der Waals surface area contributed by atoms with Crippen molar-refractivity contribution in [1.29, 1.82) is 0 Å². The van der Waals surface area contributed by atoms with Crippen molar-refractivity contribution < 1.29 is 17.6 Å². The maximum absolute atomic E-state index is 13.6. The molecule has 4 rings (SSSR count). The molecule has 5 nitrogen and oxygen atoms in total. The van der Waals surface area contributed by atoms with Crippen molar-refractivity contribution in [1.82, 2.24) is 15.3 Å². The first-order valence-electron chi connectivity index (χ1n) is 10.0. The predicted octanol–water partition coefficient (Wildman–Crippen LogP) is 4.17. The molecule has 0 saturated heterocycles. The number of halogens is 4. The van der Waals surface area contributed by atoms with E-state index in [9.17, 15) is 22.4 Å². The number of amidine groups is 1. The summed E-state index contributed by atoms with van der Waals surface area (Å²) in [5.41, 5.74) is 0.000607. The minimum absolute atomic E-state index is 0.195. The number of aliphatic imine (C=N–C) groups is 1. The summed E-state index contributed by atoms with van der Waals surface area (Å²) in [5.74, 6) is 0.0298. The number of nitrogens with one attached hydrogen (secondary N) is 2. The molecule has 3 heterocycles. The maximum atomic E-state index is 13.6. The van der Waals surface area contributed by atoms with Crippen molar-refractivity contribution in [2.75, 3.05) is 0 Å². The van der Waals surface area contributed by atoms with E-state index in [4.69, 9.17) is 4.99 Å². The molecular formula is C23H20F4N4O. The van der Waals surface area contributed by atoms with Gasteiger partial charge in [-0.05, 0) is 43.2 Å². The van der Waals surface area contributed by atoms with Crippen molar-refractivity contribution in [3.63, 3.8) is 0 Å². The minimum Gasteiger partial charge on any atom is -0.354 e. The van der Waals surface area contributed by atoms with E-state index in [-0.39, 0.29) is 5.56 Å². The molecule has 1 aliphatic rings. The van der Waals surface area contributed by atoms with Gasteiger partial charge in [0.25, 0.3) is 5.56 Å². The van der Waals surface area contributed by atoms with Crippen molar-refractivity contribution in [3.05, 3.63) is 99.0 Å². The van der Waals surface area contributed by atoms with Gasteiger partial charge in [-0.2, -0.15) is 13.2 Å². The van der Waals surface area contributed by atoms with Gasteiger partial charge >= 0.3 is 6.18 Å². The molecule has 2 aromatic heterocycles. The van der Waals surface area contributed by atoms with Crippen molar-refractivity contribution in [2.45, 2.75) is 38.0 Å². The zero-order chi connectivity index (χ0) is 23.1. The number of alkyl halides is 3. The zero-order valence-electron chi connectivity index (χ0n) is 17.3. The quantitative estimate of drug-likeness (QED) is 0.594. The molecule has 3 aromatic rings. The van der Waals surface area contributed by atoms with E-state index in [1.165, 1.54) is 30.6 Å². The van der Waals surface area contributed by atoms with E-state index in [0.29, 0.717) is 34.5 Å². The van der Waals surface area contributed by atoms with Crippen LogP contribution < -0.4 is 10.9 Å². The topological polar surface area (TPSA) is 70.1 Å². The van der Waals surface area contributed by atoms with Crippen LogP contribution in [0.2, 0.25) is 0 Å². The smallest absolute Gasteiger partial charge is 0.354 e. The van der Waals surface area contributed by atoms with Gasteiger partial charge in [0.05, 0.1) is 6.04 Å². The summed E-state index contributed by atoms with van der Waals surface area (Å²) < 4.78 is 52.8. The van der Waals surface area contributed by atoms with Gasteiger partial charge in [0.15, 0.2) is 0 Å². The summed E-state index contributed by atoms with van der Waals surface area (Å²) in [5, 5.41) is 3.34. The number of rotatable bonds is 4. The van der Waals surface area contributed by atoms with E-state index < -0.39 is 29.3 Å². The first-order valence-corrected chi connectivity index (χ1v) is 10.0. The highest BCUT2D eigenvalue weighted by Crippen LogP contribution is 2.39. The van der Waals surface area contributed by atoms with E-state index in [0.717, 1.165) is 6.07 Å². The van der Waals surface area contributed by atoms with Gasteiger partial charge in [0, 0.05) is 29.1 Å². The lowest BCUT2D eigenvalue weighted by Gasteiger charge is -2.35. The summed E-state index contributed by atoms with van der Waals surface area (Å²) in [4.78, 5) is 23.0. The molecule has 0 aliphatic carbocycles. The molecule has 0 spiro atoms. The second-order valence-electron chi connectivity index (χ2n) is 7.62. The third-order valence-electron chi connectivity index (χ3n) is 5.71. The molecule has 2 atom stereocenters. The fourth-order valence-corrected chi connectivity index (χ4v) is 3.99. The largest absolute Gasteiger partial charge is 0.433 e. The van der Waals surface area contributed by atoms with Gasteiger partial charge in [0.1, 0.15) is 22.9 Å². The summed E-state index contributed by atoms with van der Waals surface area (Å²) in [6, 6.07) is 9.24. The standard InChI is InChI=1S/C23H20F4N4O/c1-3-14-10-15(11-29-21(14)32)20-30-13(2)22(31-20,16-4-7-18(24)8-5-16)17-6-9-19(28-12-17)23(25,26)27/h4-13H,3H2,1-2H3,(H,29,32)(H,30,31)/t13-,22-/m0/s1. The molecule has 0 fully saturated rings. The molecule has 0 bridgehead atoms. The SMILES string of the molecule is CCc1cc(C2=N[C@@H](C)[C@](c3ccc(F)cc3)(c3ccc(C(F)(F)F)nc3)N2)c[nH]c1=O. The third-order valence-corrected chi connectivity index (χ3v) is 5.71. The van der Waals surface area contributed by atoms with Crippen LogP contribution in [0.3, 0.4) is 0 Å². The number of H-pyrrole nitrogens is 1. The van der Waals surface area contributed by atoms with Crippen LogP contribution in [-0.2, 0) is 18.1 Å². The molecule has 2 N–H and O–H groups in total. The molecule has 1 aliphatic heterocycles. The van der Waals surface area contributed by atoms with Crippen molar-refractivity contribution in [2.24, 2.45) is 4.99 Å². The average molecular weight is 444 g/mol. The second-order valence-corrected chi connectivity index (χ2v) is 7.62. The van der Waals surface area contributed by atoms with Gasteiger partial charge < -0.3 is 10.3 Å². The summed E-state index contributed by atoms with van der Waals surface area (Å²) in [6.07, 6.45) is -1.34. The van der Waals surface area contributed by atoms with Crippen LogP contribution >= 0.6 is 0 Å². The molecule has 0 radical (unpaired) electrons. The number of aromatic nitrogens is 2. The monoisotopic (exact) mass is 444 g/mol. The normalized spacial score (nSPS) is 20.7. The Kier molecular flexibility index (Phi) is 5.36. The van der Waals surface area contributed by atoms with E-state index >= 15 is 0 Å². The molecule has 1 aromatic carbocycles. The van der Waals surface area contributed by atoms with E-state index in [1.54, 1.807) is 18.2 Å². The zero-order valence-corrected chi connectivity index (χ0v) is 17.3. The first-order chi connectivity index (χ1) is 15.1. The predicted molar refractivity (Wildman–Crippen MR) is 112 cm³/mol. The minimum atomic E-state index is -4.57. The molecule has 9 heteroatoms. The van der Waals surface area contributed by atoms with E-state index in [1.807, 2.05) is 13.8 Å². The van der Waals surface area contributed by atoms with Gasteiger partial charge in [-0.15, -0.1) is 0 Å². The second kappa shape index (κ2) is 7.89. The van der Waals surface area contributed by atoms with Crippen LogP contribution in [0.1, 0.15) is 41.8 Å². The molecular weight excluding hydrogens is 424 g/mol. The van der Waals surface area contributed by atoms with Gasteiger partial charge in [-0.3, -0.25) is 14.8 Å². The van der Waals surface area contributed by atoms with Crippen LogP contribution in [0.4, 0.5) is 17.6 Å². The van der Waals surface area contributed by atoms with Crippen LogP contribution in [0.5, 0.6) is 0 Å². The number of aromatic amines is 1. The first kappa shape index (κ1) is 21.7. The number of aryl methyl sites for hydroxylation is 1. The highest BCUT2D eigenvalue weighted by Gasteiger charge is 2.46. The lowest BCUT2D eigenvalue weighted by atomic mass is 9.79. The molecule has 166 valence electrons. The van der Waals surface area contributed by atoms with Gasteiger partial charge in [-0.1, -0.05) is 25.1 Å². The number of benzene rings is 1. The highest BCUT2D eigenvalue weighted by atomic mass is 19.4. The van der Waals surface area contributed by atoms with Crippen molar-refractivity contribution >= 4 is 5.84 Å². The Hall–Kier alpha value is -3.49. The summed E-state index contributed by atoms with van der Waals surface area (Å²) in [6.45, 7) is 3.67. The van der Waals surface area contributed by atoms with Crippen LogP contribution in [-0.4, -0.2) is 21.8 Å². The fourth-order valence-electron chi connectivity index (χ4n) is 3.99. The van der Waals surface area contributed by atoms with Crippen LogP contribution in [0.15, 0.2) is 64.6 Å². The van der Waals surface area contributed by atoms with Gasteiger partial charge in [0.2, 0.25) is 0 Å². The Morgan fingerprint density at radius 1 is 1.09 bits per heavy atom. The molecule has 0 amide bonds. The lowest BCUT2D eigenvalue weighted by molar-refractivity contribution is -0.141. The molecule has 32 heavy (non-hydrogen) atoms.